The number of nitrogens with zero attached hydrogens (tertiary/aromatic N) is 5. The molecule has 3 heterocycles. The molecule has 23 heavy (non-hydrogen) atoms. The number of fused-ring (bicyclic) bond motifs is 1. The van der Waals surface area contributed by atoms with Gasteiger partial charge in [0.25, 0.3) is 0 Å². The summed E-state index contributed by atoms with van der Waals surface area (Å²) in [7, 11) is 0. The summed E-state index contributed by atoms with van der Waals surface area (Å²) >= 11 is 0. The van der Waals surface area contributed by atoms with Crippen molar-refractivity contribution >= 4 is 11.5 Å². The predicted molar refractivity (Wildman–Crippen MR) is 87.8 cm³/mol. The zero-order valence-electron chi connectivity index (χ0n) is 13.1. The molecule has 3 aromatic rings. The zero-order valence-corrected chi connectivity index (χ0v) is 13.1. The minimum absolute atomic E-state index is 0.344. The lowest BCUT2D eigenvalue weighted by Crippen LogP contribution is -2.35. The Bertz CT molecular complexity index is 801. The van der Waals surface area contributed by atoms with E-state index in [1.165, 1.54) is 0 Å². The zero-order chi connectivity index (χ0) is 15.6. The first kappa shape index (κ1) is 14.0. The van der Waals surface area contributed by atoms with Gasteiger partial charge >= 0.3 is 0 Å². The molecule has 0 saturated carbocycles. The van der Waals surface area contributed by atoms with Gasteiger partial charge in [0.05, 0.1) is 6.04 Å². The van der Waals surface area contributed by atoms with Crippen molar-refractivity contribution in [3.05, 3.63) is 48.3 Å². The van der Waals surface area contributed by atoms with E-state index in [0.717, 1.165) is 42.4 Å². The fourth-order valence-electron chi connectivity index (χ4n) is 3.06. The van der Waals surface area contributed by atoms with Crippen LogP contribution in [0.15, 0.2) is 42.5 Å². The maximum atomic E-state index is 5.94. The summed E-state index contributed by atoms with van der Waals surface area (Å²) < 4.78 is 7.73. The van der Waals surface area contributed by atoms with Crippen LogP contribution in [0.25, 0.3) is 5.65 Å². The fraction of sp³-hybridized carbons (Fsp3) is 0.353. The molecule has 0 unspecified atom stereocenters. The molecule has 2 aromatic heterocycles. The van der Waals surface area contributed by atoms with E-state index in [0.29, 0.717) is 12.6 Å². The van der Waals surface area contributed by atoms with Gasteiger partial charge in [0.2, 0.25) is 0 Å². The molecule has 4 rings (SSSR count). The number of rotatable bonds is 4. The average Bonchev–Trinajstić information content (AvgIpc) is 3.21. The number of ether oxygens (including phenoxy) is 1. The van der Waals surface area contributed by atoms with E-state index in [-0.39, 0.29) is 0 Å². The monoisotopic (exact) mass is 309 g/mol. The maximum absolute atomic E-state index is 5.94. The van der Waals surface area contributed by atoms with E-state index >= 15 is 0 Å². The lowest BCUT2D eigenvalue weighted by Gasteiger charge is -2.25. The van der Waals surface area contributed by atoms with Gasteiger partial charge < -0.3 is 9.64 Å². The average molecular weight is 309 g/mol. The summed E-state index contributed by atoms with van der Waals surface area (Å²) in [4.78, 5) is 2.32. The van der Waals surface area contributed by atoms with E-state index in [1.54, 1.807) is 4.52 Å². The molecule has 0 amide bonds. The quantitative estimate of drug-likeness (QED) is 0.741. The van der Waals surface area contributed by atoms with Gasteiger partial charge in [-0.1, -0.05) is 18.2 Å². The second-order valence-electron chi connectivity index (χ2n) is 5.82. The lowest BCUT2D eigenvalue weighted by molar-refractivity contribution is 0.288. The van der Waals surface area contributed by atoms with Crippen LogP contribution in [0.1, 0.15) is 18.7 Å². The Labute approximate surface area is 134 Å². The predicted octanol–water partition coefficient (Wildman–Crippen LogP) is 2.48. The first-order valence-electron chi connectivity index (χ1n) is 7.95. The Morgan fingerprint density at radius 1 is 1.13 bits per heavy atom. The van der Waals surface area contributed by atoms with Crippen LogP contribution in [0.4, 0.5) is 5.82 Å². The van der Waals surface area contributed by atoms with Crippen molar-refractivity contribution in [3.63, 3.8) is 0 Å². The topological polar surface area (TPSA) is 55.5 Å². The van der Waals surface area contributed by atoms with E-state index in [1.807, 2.05) is 49.4 Å². The van der Waals surface area contributed by atoms with Crippen molar-refractivity contribution < 1.29 is 4.74 Å². The van der Waals surface area contributed by atoms with Gasteiger partial charge in [-0.25, -0.2) is 0 Å². The van der Waals surface area contributed by atoms with Gasteiger partial charge in [-0.3, -0.25) is 0 Å². The number of hydrogen-bond donors (Lipinski definition) is 0. The molecule has 1 aliphatic heterocycles. The Morgan fingerprint density at radius 2 is 2.00 bits per heavy atom. The Morgan fingerprint density at radius 3 is 2.87 bits per heavy atom. The second-order valence-corrected chi connectivity index (χ2v) is 5.82. The van der Waals surface area contributed by atoms with Crippen LogP contribution in [0, 0.1) is 6.92 Å². The number of aromatic nitrogens is 4. The first-order valence-corrected chi connectivity index (χ1v) is 7.95. The SMILES string of the molecule is Cc1nnc2ccc(N3CCC[C@H]3COc3ccccc3)nn12. The molecule has 0 radical (unpaired) electrons. The van der Waals surface area contributed by atoms with Crippen molar-refractivity contribution in [1.29, 1.82) is 0 Å². The van der Waals surface area contributed by atoms with Crippen molar-refractivity contribution in [1.82, 2.24) is 19.8 Å². The molecule has 0 N–H and O–H groups in total. The lowest BCUT2D eigenvalue weighted by atomic mass is 10.2. The number of hydrogen-bond acceptors (Lipinski definition) is 5. The minimum atomic E-state index is 0.344. The first-order chi connectivity index (χ1) is 11.3. The molecule has 1 aliphatic rings. The van der Waals surface area contributed by atoms with Crippen LogP contribution in [-0.2, 0) is 0 Å². The molecule has 1 saturated heterocycles. The largest absolute Gasteiger partial charge is 0.491 e. The van der Waals surface area contributed by atoms with Gasteiger partial charge in [-0.2, -0.15) is 4.52 Å². The molecular weight excluding hydrogens is 290 g/mol. The Kier molecular flexibility index (Phi) is 3.57. The van der Waals surface area contributed by atoms with Crippen molar-refractivity contribution in [2.45, 2.75) is 25.8 Å². The van der Waals surface area contributed by atoms with E-state index < -0.39 is 0 Å². The van der Waals surface area contributed by atoms with Crippen LogP contribution in [0.2, 0.25) is 0 Å². The molecule has 118 valence electrons. The van der Waals surface area contributed by atoms with Crippen LogP contribution in [-0.4, -0.2) is 39.0 Å². The summed E-state index contributed by atoms with van der Waals surface area (Å²) in [6.07, 6.45) is 2.28. The molecule has 6 nitrogen and oxygen atoms in total. The van der Waals surface area contributed by atoms with Gasteiger partial charge in [0.1, 0.15) is 18.2 Å². The highest BCUT2D eigenvalue weighted by molar-refractivity contribution is 5.47. The van der Waals surface area contributed by atoms with E-state index in [2.05, 4.69) is 20.2 Å². The van der Waals surface area contributed by atoms with Gasteiger partial charge in [0.15, 0.2) is 11.5 Å². The van der Waals surface area contributed by atoms with Gasteiger partial charge in [0, 0.05) is 6.54 Å². The number of benzene rings is 1. The molecule has 0 spiro atoms. The molecule has 1 atom stereocenters. The molecule has 6 heteroatoms. The number of anilines is 1. The summed E-state index contributed by atoms with van der Waals surface area (Å²) in [5, 5.41) is 12.8. The van der Waals surface area contributed by atoms with Crippen LogP contribution >= 0.6 is 0 Å². The smallest absolute Gasteiger partial charge is 0.178 e. The normalized spacial score (nSPS) is 17.8. The van der Waals surface area contributed by atoms with Crippen LogP contribution in [0.3, 0.4) is 0 Å². The highest BCUT2D eigenvalue weighted by atomic mass is 16.5. The van der Waals surface area contributed by atoms with Gasteiger partial charge in [-0.15, -0.1) is 15.3 Å². The second kappa shape index (κ2) is 5.87. The highest BCUT2D eigenvalue weighted by Crippen LogP contribution is 2.25. The van der Waals surface area contributed by atoms with Crippen molar-refractivity contribution in [3.8, 4) is 5.75 Å². The van der Waals surface area contributed by atoms with Crippen LogP contribution < -0.4 is 9.64 Å². The molecule has 1 aromatic carbocycles. The Balaban J connectivity index is 1.53. The third-order valence-electron chi connectivity index (χ3n) is 4.26. The summed E-state index contributed by atoms with van der Waals surface area (Å²) in [6.45, 7) is 3.59. The van der Waals surface area contributed by atoms with Crippen molar-refractivity contribution in [2.75, 3.05) is 18.1 Å². The number of para-hydroxylation sites is 1. The molecule has 1 fully saturated rings. The summed E-state index contributed by atoms with van der Waals surface area (Å²) in [5.74, 6) is 2.68. The van der Waals surface area contributed by atoms with Gasteiger partial charge in [-0.05, 0) is 44.0 Å². The minimum Gasteiger partial charge on any atom is -0.491 e. The molecule has 0 bridgehead atoms. The molecular formula is C17H19N5O. The third kappa shape index (κ3) is 2.72. The number of aryl methyl sites for hydroxylation is 1. The highest BCUT2D eigenvalue weighted by Gasteiger charge is 2.26. The van der Waals surface area contributed by atoms with E-state index in [9.17, 15) is 0 Å². The summed E-state index contributed by atoms with van der Waals surface area (Å²) in [5.41, 5.74) is 0.780. The summed E-state index contributed by atoms with van der Waals surface area (Å²) in [6, 6.07) is 14.3. The Hall–Kier alpha value is -2.63. The van der Waals surface area contributed by atoms with E-state index in [4.69, 9.17) is 4.74 Å². The molecule has 0 aliphatic carbocycles. The maximum Gasteiger partial charge on any atom is 0.178 e. The fourth-order valence-corrected chi connectivity index (χ4v) is 3.06. The standard InChI is InChI=1S/C17H19N5O/c1-13-18-19-16-9-10-17(20-22(13)16)21-11-5-6-14(21)12-23-15-7-3-2-4-8-15/h2-4,7-10,14H,5-6,11-12H2,1H3/t14-/m0/s1. The van der Waals surface area contributed by atoms with Crippen molar-refractivity contribution in [2.24, 2.45) is 0 Å². The van der Waals surface area contributed by atoms with Crippen LogP contribution in [0.5, 0.6) is 5.75 Å². The third-order valence-corrected chi connectivity index (χ3v) is 4.26.